The fourth-order valence-corrected chi connectivity index (χ4v) is 3.74. The molecule has 0 bridgehead atoms. The van der Waals surface area contributed by atoms with Gasteiger partial charge >= 0.3 is 0 Å². The van der Waals surface area contributed by atoms with Crippen molar-refractivity contribution in [1.82, 2.24) is 9.97 Å². The van der Waals surface area contributed by atoms with E-state index in [9.17, 15) is 9.18 Å². The van der Waals surface area contributed by atoms with E-state index in [1.807, 2.05) is 13.0 Å². The number of aromatic amines is 1. The highest BCUT2D eigenvalue weighted by molar-refractivity contribution is 8.00. The maximum Gasteiger partial charge on any atom is 0.238 e. The minimum absolute atomic E-state index is 0.156. The van der Waals surface area contributed by atoms with E-state index >= 15 is 0 Å². The van der Waals surface area contributed by atoms with Gasteiger partial charge < -0.3 is 19.1 Å². The molecule has 0 radical (unpaired) electrons. The van der Waals surface area contributed by atoms with Crippen molar-refractivity contribution < 1.29 is 18.0 Å². The molecule has 1 aromatic carbocycles. The molecule has 0 aliphatic heterocycles. The van der Waals surface area contributed by atoms with E-state index in [-0.39, 0.29) is 11.6 Å². The third-order valence-corrected chi connectivity index (χ3v) is 5.50. The van der Waals surface area contributed by atoms with Gasteiger partial charge in [-0.3, -0.25) is 4.79 Å². The summed E-state index contributed by atoms with van der Waals surface area (Å²) in [6.07, 6.45) is 3.68. The first-order valence-corrected chi connectivity index (χ1v) is 9.93. The zero-order valence-electron chi connectivity index (χ0n) is 15.5. The van der Waals surface area contributed by atoms with E-state index in [2.05, 4.69) is 15.3 Å². The topological polar surface area (TPSA) is 84.1 Å². The standard InChI is InChI=1S/C21H18FN3O3S/c1-2-17(20(26)23-14-8-4-3-7-13(14)22)29-21-24-18(15-9-5-11-27-15)19(25-21)16-10-6-12-28-16/h3-12,17H,2H2,1H3,(H,23,26)(H,24,25). The van der Waals surface area contributed by atoms with Gasteiger partial charge in [0.05, 0.1) is 23.5 Å². The van der Waals surface area contributed by atoms with Crippen molar-refractivity contribution in [2.45, 2.75) is 23.8 Å². The van der Waals surface area contributed by atoms with Crippen LogP contribution in [0, 0.1) is 5.82 Å². The van der Waals surface area contributed by atoms with Crippen LogP contribution in [0.1, 0.15) is 13.3 Å². The van der Waals surface area contributed by atoms with Crippen molar-refractivity contribution in [3.05, 3.63) is 66.9 Å². The number of hydrogen-bond donors (Lipinski definition) is 2. The summed E-state index contributed by atoms with van der Waals surface area (Å²) in [6, 6.07) is 13.3. The number of nitrogens with one attached hydrogen (secondary N) is 2. The summed E-state index contributed by atoms with van der Waals surface area (Å²) < 4.78 is 24.8. The minimum atomic E-state index is -0.473. The Bertz CT molecular complexity index is 1040. The maximum atomic E-state index is 13.9. The summed E-state index contributed by atoms with van der Waals surface area (Å²) in [5.41, 5.74) is 1.41. The number of anilines is 1. The average molecular weight is 411 g/mol. The fraction of sp³-hybridized carbons (Fsp3) is 0.143. The predicted molar refractivity (Wildman–Crippen MR) is 109 cm³/mol. The van der Waals surface area contributed by atoms with E-state index in [1.54, 1.807) is 42.9 Å². The van der Waals surface area contributed by atoms with Crippen LogP contribution >= 0.6 is 11.8 Å². The number of halogens is 1. The summed E-state index contributed by atoms with van der Waals surface area (Å²) in [4.78, 5) is 20.5. The van der Waals surface area contributed by atoms with E-state index in [0.717, 1.165) is 0 Å². The zero-order valence-corrected chi connectivity index (χ0v) is 16.3. The lowest BCUT2D eigenvalue weighted by atomic mass is 10.2. The molecule has 1 amide bonds. The van der Waals surface area contributed by atoms with Crippen LogP contribution in [0.25, 0.3) is 22.9 Å². The van der Waals surface area contributed by atoms with E-state index in [4.69, 9.17) is 8.83 Å². The van der Waals surface area contributed by atoms with Gasteiger partial charge in [-0.1, -0.05) is 30.8 Å². The Balaban J connectivity index is 1.58. The number of hydrogen-bond acceptors (Lipinski definition) is 5. The lowest BCUT2D eigenvalue weighted by Crippen LogP contribution is -2.25. The van der Waals surface area contributed by atoms with Crippen molar-refractivity contribution in [2.75, 3.05) is 5.32 Å². The number of carbonyl (C=O) groups is 1. The number of imidazole rings is 1. The monoisotopic (exact) mass is 411 g/mol. The van der Waals surface area contributed by atoms with Crippen molar-refractivity contribution in [3.63, 3.8) is 0 Å². The number of thioether (sulfide) groups is 1. The van der Waals surface area contributed by atoms with Gasteiger partial charge in [-0.2, -0.15) is 0 Å². The molecule has 148 valence electrons. The highest BCUT2D eigenvalue weighted by Gasteiger charge is 2.24. The molecule has 29 heavy (non-hydrogen) atoms. The molecule has 0 fully saturated rings. The third kappa shape index (κ3) is 4.12. The van der Waals surface area contributed by atoms with Gasteiger partial charge in [-0.05, 0) is 42.8 Å². The molecule has 1 unspecified atom stereocenters. The SMILES string of the molecule is CCC(Sc1nc(-c2ccco2)c(-c2ccco2)[nH]1)C(=O)Nc1ccccc1F. The Morgan fingerprint density at radius 1 is 1.14 bits per heavy atom. The van der Waals surface area contributed by atoms with Gasteiger partial charge in [0.1, 0.15) is 17.2 Å². The largest absolute Gasteiger partial charge is 0.463 e. The number of aromatic nitrogens is 2. The smallest absolute Gasteiger partial charge is 0.238 e. The third-order valence-electron chi connectivity index (χ3n) is 4.25. The van der Waals surface area contributed by atoms with E-state index in [0.29, 0.717) is 34.5 Å². The van der Waals surface area contributed by atoms with Crippen LogP contribution in [0.5, 0.6) is 0 Å². The Hall–Kier alpha value is -3.26. The summed E-state index contributed by atoms with van der Waals surface area (Å²) in [5.74, 6) is 0.431. The van der Waals surface area contributed by atoms with Gasteiger partial charge in [0, 0.05) is 0 Å². The Morgan fingerprint density at radius 2 is 1.86 bits per heavy atom. The van der Waals surface area contributed by atoms with Crippen LogP contribution in [-0.4, -0.2) is 21.1 Å². The lowest BCUT2D eigenvalue weighted by molar-refractivity contribution is -0.115. The molecular formula is C21H18FN3O3S. The Morgan fingerprint density at radius 3 is 2.52 bits per heavy atom. The van der Waals surface area contributed by atoms with Gasteiger partial charge in [0.15, 0.2) is 16.7 Å². The van der Waals surface area contributed by atoms with Crippen LogP contribution < -0.4 is 5.32 Å². The molecule has 0 aliphatic carbocycles. The zero-order chi connectivity index (χ0) is 20.2. The number of benzene rings is 1. The average Bonchev–Trinajstić information content (AvgIpc) is 3.47. The van der Waals surface area contributed by atoms with Crippen LogP contribution in [-0.2, 0) is 4.79 Å². The second kappa shape index (κ2) is 8.40. The molecule has 3 heterocycles. The normalized spacial score (nSPS) is 12.1. The van der Waals surface area contributed by atoms with Crippen molar-refractivity contribution in [2.24, 2.45) is 0 Å². The molecule has 0 saturated heterocycles. The first kappa shape index (κ1) is 19.1. The summed E-state index contributed by atoms with van der Waals surface area (Å²) in [5, 5.41) is 2.72. The Kier molecular flexibility index (Phi) is 5.53. The molecule has 3 aromatic heterocycles. The van der Waals surface area contributed by atoms with Crippen LogP contribution in [0.2, 0.25) is 0 Å². The molecule has 8 heteroatoms. The molecule has 2 N–H and O–H groups in total. The van der Waals surface area contributed by atoms with Crippen molar-refractivity contribution in [3.8, 4) is 22.9 Å². The number of para-hydroxylation sites is 1. The van der Waals surface area contributed by atoms with Gasteiger partial charge in [-0.25, -0.2) is 9.37 Å². The lowest BCUT2D eigenvalue weighted by Gasteiger charge is -2.13. The summed E-state index contributed by atoms with van der Waals surface area (Å²) in [6.45, 7) is 1.89. The van der Waals surface area contributed by atoms with Crippen molar-refractivity contribution >= 4 is 23.4 Å². The molecule has 0 spiro atoms. The fourth-order valence-electron chi connectivity index (χ4n) is 2.83. The van der Waals surface area contributed by atoms with Gasteiger partial charge in [0.2, 0.25) is 5.91 Å². The molecular weight excluding hydrogens is 393 g/mol. The van der Waals surface area contributed by atoms with E-state index in [1.165, 1.54) is 23.9 Å². The van der Waals surface area contributed by atoms with E-state index < -0.39 is 11.1 Å². The molecule has 0 aliphatic rings. The van der Waals surface area contributed by atoms with Gasteiger partial charge in [-0.15, -0.1) is 0 Å². The summed E-state index contributed by atoms with van der Waals surface area (Å²) in [7, 11) is 0. The first-order chi connectivity index (χ1) is 14.2. The number of amides is 1. The number of H-pyrrole nitrogens is 1. The maximum absolute atomic E-state index is 13.9. The van der Waals surface area contributed by atoms with Crippen LogP contribution in [0.4, 0.5) is 10.1 Å². The molecule has 4 rings (SSSR count). The quantitative estimate of drug-likeness (QED) is 0.388. The molecule has 0 saturated carbocycles. The molecule has 4 aromatic rings. The highest BCUT2D eigenvalue weighted by Crippen LogP contribution is 2.35. The second-order valence-electron chi connectivity index (χ2n) is 6.20. The molecule has 1 atom stereocenters. The highest BCUT2D eigenvalue weighted by atomic mass is 32.2. The number of nitrogens with zero attached hydrogens (tertiary/aromatic N) is 1. The minimum Gasteiger partial charge on any atom is -0.463 e. The molecule has 6 nitrogen and oxygen atoms in total. The van der Waals surface area contributed by atoms with Gasteiger partial charge in [0.25, 0.3) is 0 Å². The Labute approximate surface area is 170 Å². The van der Waals surface area contributed by atoms with Crippen LogP contribution in [0.3, 0.4) is 0 Å². The van der Waals surface area contributed by atoms with Crippen molar-refractivity contribution in [1.29, 1.82) is 0 Å². The number of carbonyl (C=O) groups excluding carboxylic acids is 1. The number of rotatable bonds is 7. The second-order valence-corrected chi connectivity index (χ2v) is 7.40. The number of furan rings is 2. The van der Waals surface area contributed by atoms with Crippen LogP contribution in [0.15, 0.2) is 75.0 Å². The predicted octanol–water partition coefficient (Wildman–Crippen LogP) is 5.58. The summed E-state index contributed by atoms with van der Waals surface area (Å²) >= 11 is 1.27. The first-order valence-electron chi connectivity index (χ1n) is 9.05.